The van der Waals surface area contributed by atoms with Crippen molar-refractivity contribution >= 4 is 11.0 Å². The topological polar surface area (TPSA) is 43.8 Å². The molecule has 0 bridgehead atoms. The first-order valence-corrected chi connectivity index (χ1v) is 7.33. The predicted octanol–water partition coefficient (Wildman–Crippen LogP) is 3.15. The Morgan fingerprint density at radius 3 is 2.74 bits per heavy atom. The van der Waals surface area contributed by atoms with Gasteiger partial charge in [-0.3, -0.25) is 0 Å². The Hall–Kier alpha value is -1.35. The first kappa shape index (κ1) is 14.1. The molecule has 0 aliphatic heterocycles. The van der Waals surface area contributed by atoms with Gasteiger partial charge in [0.1, 0.15) is 5.82 Å². The van der Waals surface area contributed by atoms with E-state index in [9.17, 15) is 0 Å². The maximum absolute atomic E-state index is 5.71. The van der Waals surface area contributed by atoms with Crippen LogP contribution in [0, 0.1) is 5.92 Å². The van der Waals surface area contributed by atoms with Crippen LogP contribution in [0.15, 0.2) is 18.2 Å². The van der Waals surface area contributed by atoms with E-state index in [1.54, 1.807) is 0 Å². The number of aryl methyl sites for hydroxylation is 2. The Bertz CT molecular complexity index is 540. The lowest BCUT2D eigenvalue weighted by molar-refractivity contribution is 0.512. The van der Waals surface area contributed by atoms with Crippen molar-refractivity contribution < 1.29 is 0 Å². The molecule has 1 aromatic heterocycles. The second-order valence-corrected chi connectivity index (χ2v) is 5.58. The number of aromatic nitrogens is 2. The number of fused-ring (bicyclic) bond motifs is 1. The number of nitrogens with zero attached hydrogens (tertiary/aromatic N) is 2. The molecule has 0 radical (unpaired) electrons. The van der Waals surface area contributed by atoms with Crippen LogP contribution in [0.2, 0.25) is 0 Å². The molecule has 0 aliphatic carbocycles. The smallest absolute Gasteiger partial charge is 0.111 e. The normalized spacial score (nSPS) is 11.6. The van der Waals surface area contributed by atoms with Crippen molar-refractivity contribution in [3.8, 4) is 0 Å². The third-order valence-corrected chi connectivity index (χ3v) is 3.60. The lowest BCUT2D eigenvalue weighted by Gasteiger charge is -2.10. The van der Waals surface area contributed by atoms with Gasteiger partial charge < -0.3 is 10.3 Å². The largest absolute Gasteiger partial charge is 0.330 e. The van der Waals surface area contributed by atoms with E-state index in [0.29, 0.717) is 12.5 Å². The third kappa shape index (κ3) is 3.16. The molecule has 2 rings (SSSR count). The molecule has 0 amide bonds. The van der Waals surface area contributed by atoms with Gasteiger partial charge in [0.2, 0.25) is 0 Å². The van der Waals surface area contributed by atoms with E-state index in [0.717, 1.165) is 30.7 Å². The van der Waals surface area contributed by atoms with Crippen LogP contribution in [0.25, 0.3) is 11.0 Å². The number of rotatable bonds is 6. The number of nitrogens with two attached hydrogens (primary N) is 1. The summed E-state index contributed by atoms with van der Waals surface area (Å²) in [5, 5.41) is 0. The number of imidazole rings is 1. The average molecular weight is 259 g/mol. The highest BCUT2D eigenvalue weighted by Crippen LogP contribution is 2.20. The van der Waals surface area contributed by atoms with Crippen molar-refractivity contribution in [3.63, 3.8) is 0 Å². The molecule has 104 valence electrons. The van der Waals surface area contributed by atoms with Crippen molar-refractivity contribution in [2.75, 3.05) is 6.54 Å². The summed E-state index contributed by atoms with van der Waals surface area (Å²) < 4.78 is 2.35. The summed E-state index contributed by atoms with van der Waals surface area (Å²) >= 11 is 0. The summed E-state index contributed by atoms with van der Waals surface area (Å²) in [7, 11) is 0. The van der Waals surface area contributed by atoms with Crippen molar-refractivity contribution in [1.82, 2.24) is 9.55 Å². The molecule has 1 heterocycles. The second kappa shape index (κ2) is 6.20. The molecular formula is C16H25N3. The molecule has 0 unspecified atom stereocenters. The number of hydrogen-bond acceptors (Lipinski definition) is 2. The minimum atomic E-state index is 0.658. The highest BCUT2D eigenvalue weighted by Gasteiger charge is 2.10. The van der Waals surface area contributed by atoms with Crippen LogP contribution in [0.5, 0.6) is 0 Å². The summed E-state index contributed by atoms with van der Waals surface area (Å²) in [5.41, 5.74) is 9.43. The molecule has 0 spiro atoms. The molecule has 3 heteroatoms. The molecule has 19 heavy (non-hydrogen) atoms. The standard InChI is InChI=1S/C16H25N3/c1-4-13-5-6-15-14(11-13)18-16(7-9-17)19(15)10-8-12(2)3/h5-6,11-12H,4,7-10,17H2,1-3H3. The van der Waals surface area contributed by atoms with E-state index in [1.165, 1.54) is 17.5 Å². The number of hydrogen-bond donors (Lipinski definition) is 1. The van der Waals surface area contributed by atoms with E-state index in [4.69, 9.17) is 10.7 Å². The number of benzene rings is 1. The predicted molar refractivity (Wildman–Crippen MR) is 81.3 cm³/mol. The molecule has 0 saturated carbocycles. The first-order chi connectivity index (χ1) is 9.15. The van der Waals surface area contributed by atoms with E-state index in [2.05, 4.69) is 43.5 Å². The average Bonchev–Trinajstić information content (AvgIpc) is 2.73. The van der Waals surface area contributed by atoms with Crippen LogP contribution in [-0.2, 0) is 19.4 Å². The molecule has 3 nitrogen and oxygen atoms in total. The summed E-state index contributed by atoms with van der Waals surface area (Å²) in [4.78, 5) is 4.77. The van der Waals surface area contributed by atoms with E-state index < -0.39 is 0 Å². The van der Waals surface area contributed by atoms with Crippen LogP contribution in [0.3, 0.4) is 0 Å². The zero-order valence-corrected chi connectivity index (χ0v) is 12.3. The molecule has 0 fully saturated rings. The van der Waals surface area contributed by atoms with Gasteiger partial charge >= 0.3 is 0 Å². The molecular weight excluding hydrogens is 234 g/mol. The maximum Gasteiger partial charge on any atom is 0.111 e. The molecule has 2 aromatic rings. The highest BCUT2D eigenvalue weighted by atomic mass is 15.1. The Kier molecular flexibility index (Phi) is 4.59. The van der Waals surface area contributed by atoms with Gasteiger partial charge in [-0.15, -0.1) is 0 Å². The van der Waals surface area contributed by atoms with E-state index in [-0.39, 0.29) is 0 Å². The van der Waals surface area contributed by atoms with Gasteiger partial charge in [-0.25, -0.2) is 4.98 Å². The van der Waals surface area contributed by atoms with Gasteiger partial charge in [0.05, 0.1) is 11.0 Å². The van der Waals surface area contributed by atoms with Crippen molar-refractivity contribution in [2.45, 2.75) is 46.6 Å². The Balaban J connectivity index is 2.41. The summed E-state index contributed by atoms with van der Waals surface area (Å²) in [6, 6.07) is 6.63. The van der Waals surface area contributed by atoms with Crippen LogP contribution in [-0.4, -0.2) is 16.1 Å². The minimum Gasteiger partial charge on any atom is -0.330 e. The Labute approximate surface area is 115 Å². The summed E-state index contributed by atoms with van der Waals surface area (Å²) in [6.07, 6.45) is 3.09. The Morgan fingerprint density at radius 1 is 1.32 bits per heavy atom. The van der Waals surface area contributed by atoms with Crippen molar-refractivity contribution in [2.24, 2.45) is 11.7 Å². The SMILES string of the molecule is CCc1ccc2c(c1)nc(CCN)n2CCC(C)C. The maximum atomic E-state index is 5.71. The fourth-order valence-corrected chi connectivity index (χ4v) is 2.40. The first-order valence-electron chi connectivity index (χ1n) is 7.33. The Morgan fingerprint density at radius 2 is 2.11 bits per heavy atom. The van der Waals surface area contributed by atoms with Gasteiger partial charge in [0, 0.05) is 13.0 Å². The van der Waals surface area contributed by atoms with Crippen molar-refractivity contribution in [1.29, 1.82) is 0 Å². The monoisotopic (exact) mass is 259 g/mol. The van der Waals surface area contributed by atoms with Gasteiger partial charge in [0.15, 0.2) is 0 Å². The van der Waals surface area contributed by atoms with Gasteiger partial charge in [-0.2, -0.15) is 0 Å². The van der Waals surface area contributed by atoms with Crippen LogP contribution < -0.4 is 5.73 Å². The van der Waals surface area contributed by atoms with Crippen LogP contribution in [0.4, 0.5) is 0 Å². The van der Waals surface area contributed by atoms with E-state index in [1.807, 2.05) is 0 Å². The van der Waals surface area contributed by atoms with Gasteiger partial charge in [-0.1, -0.05) is 26.8 Å². The fraction of sp³-hybridized carbons (Fsp3) is 0.562. The second-order valence-electron chi connectivity index (χ2n) is 5.58. The van der Waals surface area contributed by atoms with Gasteiger partial charge in [0.25, 0.3) is 0 Å². The molecule has 0 aliphatic rings. The molecule has 1 aromatic carbocycles. The summed E-state index contributed by atoms with van der Waals surface area (Å²) in [5.74, 6) is 1.84. The lowest BCUT2D eigenvalue weighted by atomic mass is 10.1. The minimum absolute atomic E-state index is 0.658. The molecule has 2 N–H and O–H groups in total. The van der Waals surface area contributed by atoms with Crippen molar-refractivity contribution in [3.05, 3.63) is 29.6 Å². The summed E-state index contributed by atoms with van der Waals surface area (Å²) in [6.45, 7) is 8.39. The van der Waals surface area contributed by atoms with Crippen LogP contribution >= 0.6 is 0 Å². The lowest BCUT2D eigenvalue weighted by Crippen LogP contribution is -2.11. The zero-order valence-electron chi connectivity index (χ0n) is 12.3. The fourth-order valence-electron chi connectivity index (χ4n) is 2.40. The quantitative estimate of drug-likeness (QED) is 0.866. The zero-order chi connectivity index (χ0) is 13.8. The third-order valence-electron chi connectivity index (χ3n) is 3.60. The van der Waals surface area contributed by atoms with Gasteiger partial charge in [-0.05, 0) is 43.0 Å². The molecule has 0 atom stereocenters. The van der Waals surface area contributed by atoms with E-state index >= 15 is 0 Å². The highest BCUT2D eigenvalue weighted by molar-refractivity contribution is 5.77. The molecule has 0 saturated heterocycles. The van der Waals surface area contributed by atoms with Crippen LogP contribution in [0.1, 0.15) is 38.6 Å².